The van der Waals surface area contributed by atoms with Crippen molar-refractivity contribution in [1.29, 1.82) is 0 Å². The summed E-state index contributed by atoms with van der Waals surface area (Å²) in [6.07, 6.45) is 8.74. The summed E-state index contributed by atoms with van der Waals surface area (Å²) in [6, 6.07) is 10.00. The van der Waals surface area contributed by atoms with Crippen LogP contribution < -0.4 is 4.74 Å². The number of rotatable bonds is 6. The molecular formula is C24H29NO3. The molecule has 0 atom stereocenters. The molecule has 1 saturated heterocycles. The SMILES string of the molecule is CCCCN1CCC(COC(=O)c2cc3ccccc3c3c2OCC=C3)CC1. The third-order valence-electron chi connectivity index (χ3n) is 5.85. The second-order valence-corrected chi connectivity index (χ2v) is 7.84. The molecule has 2 heterocycles. The van der Waals surface area contributed by atoms with Crippen LogP contribution in [0.25, 0.3) is 16.8 Å². The Labute approximate surface area is 167 Å². The maximum absolute atomic E-state index is 12.9. The van der Waals surface area contributed by atoms with Crippen molar-refractivity contribution in [2.45, 2.75) is 32.6 Å². The van der Waals surface area contributed by atoms with Crippen LogP contribution in [0.1, 0.15) is 48.5 Å². The predicted molar refractivity (Wildman–Crippen MR) is 113 cm³/mol. The second-order valence-electron chi connectivity index (χ2n) is 7.84. The molecule has 4 nitrogen and oxygen atoms in total. The first kappa shape index (κ1) is 19.0. The highest BCUT2D eigenvalue weighted by atomic mass is 16.5. The molecular weight excluding hydrogens is 350 g/mol. The van der Waals surface area contributed by atoms with Crippen molar-refractivity contribution in [3.63, 3.8) is 0 Å². The maximum atomic E-state index is 12.9. The number of nitrogens with zero attached hydrogens (tertiary/aromatic N) is 1. The topological polar surface area (TPSA) is 38.8 Å². The van der Waals surface area contributed by atoms with Crippen molar-refractivity contribution in [2.24, 2.45) is 5.92 Å². The van der Waals surface area contributed by atoms with E-state index < -0.39 is 0 Å². The normalized spacial score (nSPS) is 17.3. The summed E-state index contributed by atoms with van der Waals surface area (Å²) in [5.74, 6) is 0.838. The van der Waals surface area contributed by atoms with Gasteiger partial charge in [0.15, 0.2) is 0 Å². The highest BCUT2D eigenvalue weighted by molar-refractivity contribution is 6.03. The van der Waals surface area contributed by atoms with Crippen molar-refractivity contribution in [3.8, 4) is 5.75 Å². The average Bonchev–Trinajstić information content (AvgIpc) is 2.76. The fourth-order valence-corrected chi connectivity index (χ4v) is 4.16. The third kappa shape index (κ3) is 4.07. The standard InChI is InChI=1S/C24H29NO3/c1-2-3-12-25-13-10-18(11-14-25)17-28-24(26)22-16-19-7-4-5-8-20(19)21-9-6-15-27-23(21)22/h4-9,16,18H,2-3,10-15,17H2,1H3. The first-order valence-electron chi connectivity index (χ1n) is 10.5. The number of unbranched alkanes of at least 4 members (excludes halogenated alkanes) is 1. The lowest BCUT2D eigenvalue weighted by atomic mass is 9.97. The summed E-state index contributed by atoms with van der Waals surface area (Å²) in [6.45, 7) is 6.64. The van der Waals surface area contributed by atoms with Crippen LogP contribution in [0, 0.1) is 5.92 Å². The molecule has 1 fully saturated rings. The second kappa shape index (κ2) is 8.78. The Morgan fingerprint density at radius 3 is 2.89 bits per heavy atom. The van der Waals surface area contributed by atoms with Gasteiger partial charge < -0.3 is 14.4 Å². The predicted octanol–water partition coefficient (Wildman–Crippen LogP) is 4.91. The van der Waals surface area contributed by atoms with Crippen molar-refractivity contribution < 1.29 is 14.3 Å². The highest BCUT2D eigenvalue weighted by Gasteiger charge is 2.24. The van der Waals surface area contributed by atoms with E-state index in [0.29, 0.717) is 30.4 Å². The minimum Gasteiger partial charge on any atom is -0.488 e. The number of ether oxygens (including phenoxy) is 2. The van der Waals surface area contributed by atoms with E-state index in [-0.39, 0.29) is 5.97 Å². The van der Waals surface area contributed by atoms with Gasteiger partial charge in [0.05, 0.1) is 6.61 Å². The van der Waals surface area contributed by atoms with Gasteiger partial charge in [0.25, 0.3) is 0 Å². The molecule has 148 valence electrons. The molecule has 0 radical (unpaired) electrons. The van der Waals surface area contributed by atoms with Crippen LogP contribution in [0.5, 0.6) is 5.75 Å². The van der Waals surface area contributed by atoms with Gasteiger partial charge in [-0.1, -0.05) is 43.7 Å². The van der Waals surface area contributed by atoms with Crippen LogP contribution in [0.2, 0.25) is 0 Å². The molecule has 0 aliphatic carbocycles. The minimum atomic E-state index is -0.272. The van der Waals surface area contributed by atoms with Crippen LogP contribution in [0.3, 0.4) is 0 Å². The van der Waals surface area contributed by atoms with Gasteiger partial charge in [-0.15, -0.1) is 0 Å². The summed E-state index contributed by atoms with van der Waals surface area (Å²) in [4.78, 5) is 15.4. The Morgan fingerprint density at radius 2 is 2.07 bits per heavy atom. The van der Waals surface area contributed by atoms with Crippen LogP contribution in [0.4, 0.5) is 0 Å². The Hall–Kier alpha value is -2.33. The molecule has 2 aromatic rings. The number of hydrogen-bond acceptors (Lipinski definition) is 4. The fraction of sp³-hybridized carbons (Fsp3) is 0.458. The quantitative estimate of drug-likeness (QED) is 0.668. The van der Waals surface area contributed by atoms with Gasteiger partial charge in [0, 0.05) is 5.56 Å². The lowest BCUT2D eigenvalue weighted by molar-refractivity contribution is 0.0368. The number of esters is 1. The molecule has 0 spiro atoms. The van der Waals surface area contributed by atoms with Gasteiger partial charge in [0.2, 0.25) is 0 Å². The number of carbonyl (C=O) groups excluding carboxylic acids is 1. The van der Waals surface area contributed by atoms with Crippen molar-refractivity contribution >= 4 is 22.8 Å². The Balaban J connectivity index is 1.43. The van der Waals surface area contributed by atoms with E-state index in [0.717, 1.165) is 42.3 Å². The molecule has 2 aliphatic rings. The monoisotopic (exact) mass is 379 g/mol. The minimum absolute atomic E-state index is 0.272. The molecule has 0 saturated carbocycles. The fourth-order valence-electron chi connectivity index (χ4n) is 4.16. The zero-order valence-electron chi connectivity index (χ0n) is 16.7. The molecule has 28 heavy (non-hydrogen) atoms. The Kier molecular flexibility index (Phi) is 5.96. The maximum Gasteiger partial charge on any atom is 0.341 e. The lowest BCUT2D eigenvalue weighted by Gasteiger charge is -2.31. The van der Waals surface area contributed by atoms with Crippen LogP contribution in [-0.2, 0) is 4.74 Å². The first-order chi connectivity index (χ1) is 13.8. The number of piperidine rings is 1. The zero-order chi connectivity index (χ0) is 19.3. The van der Waals surface area contributed by atoms with E-state index in [1.165, 1.54) is 19.4 Å². The Bertz CT molecular complexity index is 866. The third-order valence-corrected chi connectivity index (χ3v) is 5.85. The molecule has 0 aromatic heterocycles. The largest absolute Gasteiger partial charge is 0.488 e. The molecule has 0 amide bonds. The summed E-state index contributed by atoms with van der Waals surface area (Å²) < 4.78 is 11.6. The molecule has 4 rings (SSSR count). The van der Waals surface area contributed by atoms with E-state index in [1.807, 2.05) is 36.4 Å². The molecule has 4 heteroatoms. The van der Waals surface area contributed by atoms with Crippen molar-refractivity contribution in [3.05, 3.63) is 47.5 Å². The molecule has 0 unspecified atom stereocenters. The van der Waals surface area contributed by atoms with Gasteiger partial charge in [-0.05, 0) is 67.7 Å². The summed E-state index contributed by atoms with van der Waals surface area (Å²) in [5, 5.41) is 2.14. The molecule has 2 aromatic carbocycles. The smallest absolute Gasteiger partial charge is 0.341 e. The number of carbonyl (C=O) groups is 1. The number of likely N-dealkylation sites (tertiary alicyclic amines) is 1. The average molecular weight is 380 g/mol. The van der Waals surface area contributed by atoms with Gasteiger partial charge in [0.1, 0.15) is 17.9 Å². The first-order valence-corrected chi connectivity index (χ1v) is 10.5. The molecule has 0 bridgehead atoms. The highest BCUT2D eigenvalue weighted by Crippen LogP contribution is 2.36. The van der Waals surface area contributed by atoms with Gasteiger partial charge >= 0.3 is 5.97 Å². The van der Waals surface area contributed by atoms with E-state index in [4.69, 9.17) is 9.47 Å². The van der Waals surface area contributed by atoms with Gasteiger partial charge in [-0.2, -0.15) is 0 Å². The lowest BCUT2D eigenvalue weighted by Crippen LogP contribution is -2.36. The van der Waals surface area contributed by atoms with Crippen LogP contribution >= 0.6 is 0 Å². The van der Waals surface area contributed by atoms with E-state index in [1.54, 1.807) is 0 Å². The number of benzene rings is 2. The van der Waals surface area contributed by atoms with E-state index in [9.17, 15) is 4.79 Å². The number of fused-ring (bicyclic) bond motifs is 3. The summed E-state index contributed by atoms with van der Waals surface area (Å²) in [5.41, 5.74) is 1.51. The van der Waals surface area contributed by atoms with Crippen LogP contribution in [0.15, 0.2) is 36.4 Å². The van der Waals surface area contributed by atoms with Crippen molar-refractivity contribution in [1.82, 2.24) is 4.90 Å². The summed E-state index contributed by atoms with van der Waals surface area (Å²) >= 11 is 0. The zero-order valence-corrected chi connectivity index (χ0v) is 16.7. The van der Waals surface area contributed by atoms with E-state index >= 15 is 0 Å². The molecule has 2 aliphatic heterocycles. The van der Waals surface area contributed by atoms with E-state index in [2.05, 4.69) is 17.9 Å². The van der Waals surface area contributed by atoms with Crippen molar-refractivity contribution in [2.75, 3.05) is 32.8 Å². The number of hydrogen-bond donors (Lipinski definition) is 0. The summed E-state index contributed by atoms with van der Waals surface area (Å²) in [7, 11) is 0. The molecule has 0 N–H and O–H groups in total. The van der Waals surface area contributed by atoms with Gasteiger partial charge in [-0.3, -0.25) is 0 Å². The Morgan fingerprint density at radius 1 is 1.25 bits per heavy atom. The van der Waals surface area contributed by atoms with Gasteiger partial charge in [-0.25, -0.2) is 4.79 Å². The van der Waals surface area contributed by atoms with Crippen LogP contribution in [-0.4, -0.2) is 43.7 Å².